The molecule has 3 heteroatoms. The van der Waals surface area contributed by atoms with Crippen molar-refractivity contribution in [2.24, 2.45) is 0 Å². The number of hydrogen-bond acceptors (Lipinski definition) is 2. The minimum absolute atomic E-state index is 0.474. The largest absolute Gasteiger partial charge is 0.472 e. The molecule has 0 spiro atoms. The minimum Gasteiger partial charge on any atom is -0.472 e. The molecule has 0 aliphatic heterocycles. The van der Waals surface area contributed by atoms with Crippen LogP contribution in [0.1, 0.15) is 30.4 Å². The lowest BCUT2D eigenvalue weighted by Gasteiger charge is -2.17. The Morgan fingerprint density at radius 3 is 2.89 bits per heavy atom. The zero-order valence-corrected chi connectivity index (χ0v) is 12.8. The van der Waals surface area contributed by atoms with E-state index in [4.69, 9.17) is 4.42 Å². The van der Waals surface area contributed by atoms with E-state index >= 15 is 0 Å². The fourth-order valence-electron chi connectivity index (χ4n) is 2.21. The van der Waals surface area contributed by atoms with E-state index in [1.54, 1.807) is 6.26 Å². The summed E-state index contributed by atoms with van der Waals surface area (Å²) in [6.07, 6.45) is 5.75. The zero-order chi connectivity index (χ0) is 13.5. The number of rotatable bonds is 7. The van der Waals surface area contributed by atoms with Crippen molar-refractivity contribution in [1.29, 1.82) is 0 Å². The fourth-order valence-corrected chi connectivity index (χ4v) is 2.63. The van der Waals surface area contributed by atoms with Gasteiger partial charge in [-0.2, -0.15) is 0 Å². The van der Waals surface area contributed by atoms with Crippen molar-refractivity contribution >= 4 is 15.9 Å². The predicted octanol–water partition coefficient (Wildman–Crippen LogP) is 4.37. The Bertz CT molecular complexity index is 481. The monoisotopic (exact) mass is 321 g/mol. The number of nitrogens with one attached hydrogen (secondary N) is 1. The zero-order valence-electron chi connectivity index (χ0n) is 11.2. The molecule has 0 aliphatic rings. The minimum atomic E-state index is 0.474. The van der Waals surface area contributed by atoms with Gasteiger partial charge in [-0.15, -0.1) is 0 Å². The molecule has 1 unspecified atom stereocenters. The molecule has 1 atom stereocenters. The van der Waals surface area contributed by atoms with Gasteiger partial charge in [-0.1, -0.05) is 35.0 Å². The van der Waals surface area contributed by atoms with Gasteiger partial charge in [-0.3, -0.25) is 0 Å². The van der Waals surface area contributed by atoms with Gasteiger partial charge in [0.2, 0.25) is 0 Å². The molecule has 1 N–H and O–H groups in total. The summed E-state index contributed by atoms with van der Waals surface area (Å²) < 4.78 is 6.31. The van der Waals surface area contributed by atoms with Crippen molar-refractivity contribution in [2.45, 2.75) is 25.7 Å². The van der Waals surface area contributed by atoms with Crippen LogP contribution in [0.2, 0.25) is 0 Å². The summed E-state index contributed by atoms with van der Waals surface area (Å²) >= 11 is 3.55. The summed E-state index contributed by atoms with van der Waals surface area (Å²) in [5.74, 6) is 0.474. The van der Waals surface area contributed by atoms with Gasteiger partial charge in [-0.25, -0.2) is 0 Å². The summed E-state index contributed by atoms with van der Waals surface area (Å²) in [6, 6.07) is 10.6. The van der Waals surface area contributed by atoms with Crippen LogP contribution in [0.25, 0.3) is 0 Å². The Hall–Kier alpha value is -1.06. The summed E-state index contributed by atoms with van der Waals surface area (Å²) in [7, 11) is 0. The van der Waals surface area contributed by atoms with Crippen LogP contribution in [0.5, 0.6) is 0 Å². The van der Waals surface area contributed by atoms with Crippen molar-refractivity contribution in [3.63, 3.8) is 0 Å². The molecule has 0 radical (unpaired) electrons. The van der Waals surface area contributed by atoms with Crippen LogP contribution in [-0.4, -0.2) is 13.1 Å². The first-order valence-electron chi connectivity index (χ1n) is 6.77. The van der Waals surface area contributed by atoms with Gasteiger partial charge in [-0.05, 0) is 48.7 Å². The molecule has 2 aromatic rings. The second-order valence-electron chi connectivity index (χ2n) is 4.79. The maximum absolute atomic E-state index is 5.17. The third-order valence-corrected chi connectivity index (χ3v) is 3.69. The number of benzene rings is 1. The van der Waals surface area contributed by atoms with Crippen LogP contribution in [0.4, 0.5) is 0 Å². The van der Waals surface area contributed by atoms with Crippen molar-refractivity contribution in [3.8, 4) is 0 Å². The molecule has 0 aliphatic carbocycles. The highest BCUT2D eigenvalue weighted by atomic mass is 79.9. The molecular formula is C16H20BrNO. The number of halogens is 1. The highest BCUT2D eigenvalue weighted by molar-refractivity contribution is 9.10. The fraction of sp³-hybridized carbons (Fsp3) is 0.375. The Morgan fingerprint density at radius 2 is 2.21 bits per heavy atom. The summed E-state index contributed by atoms with van der Waals surface area (Å²) in [5.41, 5.74) is 2.61. The van der Waals surface area contributed by atoms with E-state index in [0.717, 1.165) is 30.4 Å². The molecule has 0 saturated heterocycles. The van der Waals surface area contributed by atoms with E-state index in [1.807, 2.05) is 12.3 Å². The second-order valence-corrected chi connectivity index (χ2v) is 5.71. The molecule has 1 aromatic carbocycles. The van der Waals surface area contributed by atoms with Gasteiger partial charge < -0.3 is 9.73 Å². The first-order chi connectivity index (χ1) is 9.29. The maximum atomic E-state index is 5.17. The molecule has 102 valence electrons. The maximum Gasteiger partial charge on any atom is 0.0934 e. The van der Waals surface area contributed by atoms with Crippen LogP contribution in [-0.2, 0) is 6.42 Å². The standard InChI is InChI=1S/C16H20BrNO/c1-2-7-18-11-15(9-13-6-8-19-12-13)14-4-3-5-16(17)10-14/h3-6,8,10,12,15,18H,2,7,9,11H2,1H3. The Balaban J connectivity index is 2.08. The third-order valence-electron chi connectivity index (χ3n) is 3.20. The van der Waals surface area contributed by atoms with Gasteiger partial charge in [0.1, 0.15) is 0 Å². The molecule has 0 bridgehead atoms. The van der Waals surface area contributed by atoms with Crippen molar-refractivity contribution in [2.75, 3.05) is 13.1 Å². The SMILES string of the molecule is CCCNCC(Cc1ccoc1)c1cccc(Br)c1. The number of hydrogen-bond donors (Lipinski definition) is 1. The van der Waals surface area contributed by atoms with E-state index in [1.165, 1.54) is 11.1 Å². The summed E-state index contributed by atoms with van der Waals surface area (Å²) in [6.45, 7) is 4.25. The van der Waals surface area contributed by atoms with Gasteiger partial charge in [0.05, 0.1) is 12.5 Å². The lowest BCUT2D eigenvalue weighted by atomic mass is 9.93. The second kappa shape index (κ2) is 7.51. The number of furan rings is 1. The first-order valence-corrected chi connectivity index (χ1v) is 7.56. The summed E-state index contributed by atoms with van der Waals surface area (Å²) in [5, 5.41) is 3.52. The third kappa shape index (κ3) is 4.51. The molecule has 1 heterocycles. The summed E-state index contributed by atoms with van der Waals surface area (Å²) in [4.78, 5) is 0. The smallest absolute Gasteiger partial charge is 0.0934 e. The molecule has 0 fully saturated rings. The molecular weight excluding hydrogens is 302 g/mol. The van der Waals surface area contributed by atoms with E-state index < -0.39 is 0 Å². The van der Waals surface area contributed by atoms with E-state index in [9.17, 15) is 0 Å². The quantitative estimate of drug-likeness (QED) is 0.766. The molecule has 0 saturated carbocycles. The van der Waals surface area contributed by atoms with Crippen molar-refractivity contribution in [3.05, 3.63) is 58.5 Å². The van der Waals surface area contributed by atoms with E-state index in [0.29, 0.717) is 5.92 Å². The molecule has 2 nitrogen and oxygen atoms in total. The lowest BCUT2D eigenvalue weighted by Crippen LogP contribution is -2.23. The lowest BCUT2D eigenvalue weighted by molar-refractivity contribution is 0.551. The van der Waals surface area contributed by atoms with Crippen LogP contribution in [0, 0.1) is 0 Å². The van der Waals surface area contributed by atoms with Gasteiger partial charge >= 0.3 is 0 Å². The van der Waals surface area contributed by atoms with Gasteiger partial charge in [0.25, 0.3) is 0 Å². The van der Waals surface area contributed by atoms with Crippen LogP contribution >= 0.6 is 15.9 Å². The van der Waals surface area contributed by atoms with Crippen LogP contribution < -0.4 is 5.32 Å². The highest BCUT2D eigenvalue weighted by Crippen LogP contribution is 2.23. The van der Waals surface area contributed by atoms with Crippen LogP contribution in [0.3, 0.4) is 0 Å². The Kier molecular flexibility index (Phi) is 5.67. The van der Waals surface area contributed by atoms with Crippen molar-refractivity contribution in [1.82, 2.24) is 5.32 Å². The predicted molar refractivity (Wildman–Crippen MR) is 82.5 cm³/mol. The molecule has 2 rings (SSSR count). The first kappa shape index (κ1) is 14.4. The average Bonchev–Trinajstić information content (AvgIpc) is 2.91. The Labute approximate surface area is 123 Å². The topological polar surface area (TPSA) is 25.2 Å². The molecule has 1 aromatic heterocycles. The van der Waals surface area contributed by atoms with Crippen molar-refractivity contribution < 1.29 is 4.42 Å². The average molecular weight is 322 g/mol. The molecule has 0 amide bonds. The van der Waals surface area contributed by atoms with Gasteiger partial charge in [0, 0.05) is 16.9 Å². The van der Waals surface area contributed by atoms with Crippen LogP contribution in [0.15, 0.2) is 51.7 Å². The van der Waals surface area contributed by atoms with Gasteiger partial charge in [0.15, 0.2) is 0 Å². The normalized spacial score (nSPS) is 12.5. The highest BCUT2D eigenvalue weighted by Gasteiger charge is 2.13. The van der Waals surface area contributed by atoms with E-state index in [2.05, 4.69) is 52.4 Å². The van der Waals surface area contributed by atoms with E-state index in [-0.39, 0.29) is 0 Å². The molecule has 19 heavy (non-hydrogen) atoms. The Morgan fingerprint density at radius 1 is 1.32 bits per heavy atom.